The summed E-state index contributed by atoms with van der Waals surface area (Å²) in [7, 11) is 0. The Hall–Kier alpha value is -2.18. The molecule has 0 amide bonds. The number of nitrogens with zero attached hydrogens (tertiary/aromatic N) is 2. The van der Waals surface area contributed by atoms with Crippen molar-refractivity contribution < 1.29 is 10.2 Å². The van der Waals surface area contributed by atoms with Crippen LogP contribution in [-0.2, 0) is 6.61 Å². The number of aliphatic hydroxyl groups is 1. The fraction of sp³-hybridized carbons (Fsp3) is 0.0833. The molecule has 0 spiro atoms. The molecule has 6 nitrogen and oxygen atoms in total. The van der Waals surface area contributed by atoms with E-state index < -0.39 is 11.2 Å². The molecule has 2 rings (SSSR count). The van der Waals surface area contributed by atoms with Crippen molar-refractivity contribution in [3.63, 3.8) is 0 Å². The number of halogens is 1. The van der Waals surface area contributed by atoms with E-state index in [2.05, 4.69) is 15.2 Å². The lowest BCUT2D eigenvalue weighted by atomic mass is 10.3. The van der Waals surface area contributed by atoms with Gasteiger partial charge in [0.25, 0.3) is 0 Å². The number of aromatic hydroxyl groups is 1. The van der Waals surface area contributed by atoms with E-state index in [1.165, 1.54) is 0 Å². The van der Waals surface area contributed by atoms with Crippen LogP contribution in [0.2, 0.25) is 5.02 Å². The van der Waals surface area contributed by atoms with Gasteiger partial charge in [-0.15, -0.1) is 10.2 Å². The lowest BCUT2D eigenvalue weighted by Crippen LogP contribution is -2.03. The number of rotatable bonds is 3. The number of aromatic nitrogens is 1. The van der Waals surface area contributed by atoms with E-state index >= 15 is 0 Å². The molecular weight excluding hydrogens is 270 g/mol. The molecule has 98 valence electrons. The summed E-state index contributed by atoms with van der Waals surface area (Å²) in [6.45, 7) is -0.366. The summed E-state index contributed by atoms with van der Waals surface area (Å²) in [6, 6.07) is 7.72. The maximum Gasteiger partial charge on any atom is 0.225 e. The zero-order chi connectivity index (χ0) is 13.8. The second-order valence-electron chi connectivity index (χ2n) is 3.69. The van der Waals surface area contributed by atoms with Crippen molar-refractivity contribution in [2.24, 2.45) is 10.2 Å². The quantitative estimate of drug-likeness (QED) is 0.753. The summed E-state index contributed by atoms with van der Waals surface area (Å²) in [5.41, 5.74) is 0.0767. The van der Waals surface area contributed by atoms with Crippen molar-refractivity contribution in [2.45, 2.75) is 6.61 Å². The van der Waals surface area contributed by atoms with Crippen LogP contribution in [-0.4, -0.2) is 15.2 Å². The normalized spacial score (nSPS) is 11.1. The lowest BCUT2D eigenvalue weighted by molar-refractivity contribution is 0.276. The molecule has 1 heterocycles. The van der Waals surface area contributed by atoms with Crippen LogP contribution in [0.3, 0.4) is 0 Å². The molecule has 0 saturated heterocycles. The number of aromatic amines is 1. The Morgan fingerprint density at radius 2 is 2.05 bits per heavy atom. The smallest absolute Gasteiger partial charge is 0.225 e. The molecule has 0 bridgehead atoms. The zero-order valence-electron chi connectivity index (χ0n) is 9.67. The van der Waals surface area contributed by atoms with Crippen LogP contribution in [0.15, 0.2) is 45.4 Å². The van der Waals surface area contributed by atoms with Gasteiger partial charge in [-0.25, -0.2) is 0 Å². The van der Waals surface area contributed by atoms with Gasteiger partial charge in [-0.3, -0.25) is 4.79 Å². The summed E-state index contributed by atoms with van der Waals surface area (Å²) in [5.74, 6) is -0.667. The molecule has 2 aromatic rings. The van der Waals surface area contributed by atoms with E-state index in [4.69, 9.17) is 16.7 Å². The van der Waals surface area contributed by atoms with E-state index in [-0.39, 0.29) is 18.1 Å². The number of benzene rings is 1. The van der Waals surface area contributed by atoms with Crippen LogP contribution in [0.5, 0.6) is 5.75 Å². The molecule has 19 heavy (non-hydrogen) atoms. The highest BCUT2D eigenvalue weighted by molar-refractivity contribution is 6.30. The lowest BCUT2D eigenvalue weighted by Gasteiger charge is -2.01. The average Bonchev–Trinajstić information content (AvgIpc) is 2.40. The third-order valence-corrected chi connectivity index (χ3v) is 2.52. The van der Waals surface area contributed by atoms with Crippen LogP contribution in [0.25, 0.3) is 0 Å². The maximum absolute atomic E-state index is 11.4. The molecule has 0 aliphatic rings. The Morgan fingerprint density at radius 1 is 1.26 bits per heavy atom. The number of hydrogen-bond acceptors (Lipinski definition) is 5. The van der Waals surface area contributed by atoms with Crippen LogP contribution < -0.4 is 5.43 Å². The van der Waals surface area contributed by atoms with Crippen LogP contribution in [0, 0.1) is 0 Å². The van der Waals surface area contributed by atoms with Gasteiger partial charge in [0.15, 0.2) is 5.82 Å². The van der Waals surface area contributed by atoms with Gasteiger partial charge in [0.1, 0.15) is 0 Å². The first-order valence-electron chi connectivity index (χ1n) is 5.33. The van der Waals surface area contributed by atoms with Crippen molar-refractivity contribution in [1.82, 2.24) is 4.98 Å². The topological polar surface area (TPSA) is 98.0 Å². The minimum absolute atomic E-state index is 0.114. The number of hydrogen-bond donors (Lipinski definition) is 3. The number of aliphatic hydroxyl groups excluding tert-OH is 1. The summed E-state index contributed by atoms with van der Waals surface area (Å²) >= 11 is 5.79. The maximum atomic E-state index is 11.4. The van der Waals surface area contributed by atoms with E-state index in [0.29, 0.717) is 10.7 Å². The van der Waals surface area contributed by atoms with Crippen molar-refractivity contribution in [3.8, 4) is 5.75 Å². The van der Waals surface area contributed by atoms with Crippen molar-refractivity contribution in [2.75, 3.05) is 0 Å². The number of azo groups is 1. The molecule has 3 N–H and O–H groups in total. The largest absolute Gasteiger partial charge is 0.502 e. The monoisotopic (exact) mass is 279 g/mol. The fourth-order valence-corrected chi connectivity index (χ4v) is 1.58. The predicted molar refractivity (Wildman–Crippen MR) is 70.3 cm³/mol. The van der Waals surface area contributed by atoms with E-state index in [0.717, 1.165) is 6.07 Å². The van der Waals surface area contributed by atoms with Crippen molar-refractivity contribution >= 4 is 23.1 Å². The van der Waals surface area contributed by atoms with Gasteiger partial charge in [-0.05, 0) is 18.2 Å². The minimum atomic E-state index is -0.636. The Morgan fingerprint density at radius 3 is 2.74 bits per heavy atom. The minimum Gasteiger partial charge on any atom is -0.502 e. The third kappa shape index (κ3) is 3.18. The second-order valence-corrected chi connectivity index (χ2v) is 4.13. The SMILES string of the molecule is O=c1cc(CO)[nH]c(N=Nc2cccc(Cl)c2)c1O. The fourth-order valence-electron chi connectivity index (χ4n) is 1.39. The molecule has 7 heteroatoms. The van der Waals surface area contributed by atoms with Gasteiger partial charge >= 0.3 is 0 Å². The first kappa shape index (κ1) is 13.3. The molecule has 0 aliphatic heterocycles. The molecule has 1 aromatic heterocycles. The standard InChI is InChI=1S/C12H10ClN3O3/c13-7-2-1-3-8(4-7)15-16-12-11(19)10(18)5-9(6-17)14-12/h1-5,17,19H,6H2,(H,14,18). The Bertz CT molecular complexity index is 682. The predicted octanol–water partition coefficient (Wildman–Crippen LogP) is 2.64. The molecular formula is C12H10ClN3O3. The molecule has 0 aliphatic carbocycles. The average molecular weight is 280 g/mol. The number of pyridine rings is 1. The van der Waals surface area contributed by atoms with Gasteiger partial charge in [-0.1, -0.05) is 17.7 Å². The third-order valence-electron chi connectivity index (χ3n) is 2.29. The van der Waals surface area contributed by atoms with Gasteiger partial charge < -0.3 is 15.2 Å². The van der Waals surface area contributed by atoms with Crippen LogP contribution >= 0.6 is 11.6 Å². The molecule has 0 fully saturated rings. The number of H-pyrrole nitrogens is 1. The van der Waals surface area contributed by atoms with Gasteiger partial charge in [0.2, 0.25) is 11.2 Å². The van der Waals surface area contributed by atoms with Crippen molar-refractivity contribution in [1.29, 1.82) is 0 Å². The second kappa shape index (κ2) is 5.64. The first-order valence-corrected chi connectivity index (χ1v) is 5.71. The highest BCUT2D eigenvalue weighted by Gasteiger charge is 2.07. The van der Waals surface area contributed by atoms with E-state index in [9.17, 15) is 9.90 Å². The molecule has 0 saturated carbocycles. The molecule has 0 radical (unpaired) electrons. The van der Waals surface area contributed by atoms with Crippen LogP contribution in [0.4, 0.5) is 11.5 Å². The molecule has 0 unspecified atom stereocenters. The summed E-state index contributed by atoms with van der Waals surface area (Å²) in [6.07, 6.45) is 0. The summed E-state index contributed by atoms with van der Waals surface area (Å²) in [5, 5.41) is 26.6. The van der Waals surface area contributed by atoms with Gasteiger partial charge in [-0.2, -0.15) is 0 Å². The summed E-state index contributed by atoms with van der Waals surface area (Å²) in [4.78, 5) is 14.0. The summed E-state index contributed by atoms with van der Waals surface area (Å²) < 4.78 is 0. The van der Waals surface area contributed by atoms with Gasteiger partial charge in [0.05, 0.1) is 12.3 Å². The number of nitrogens with one attached hydrogen (secondary N) is 1. The zero-order valence-corrected chi connectivity index (χ0v) is 10.4. The van der Waals surface area contributed by atoms with Gasteiger partial charge in [0, 0.05) is 16.8 Å². The Labute approximate surface area is 113 Å². The molecule has 0 atom stereocenters. The van der Waals surface area contributed by atoms with E-state index in [1.54, 1.807) is 24.3 Å². The van der Waals surface area contributed by atoms with E-state index in [1.807, 2.05) is 0 Å². The first-order chi connectivity index (χ1) is 9.10. The highest BCUT2D eigenvalue weighted by Crippen LogP contribution is 2.24. The molecule has 1 aromatic carbocycles. The Kier molecular flexibility index (Phi) is 3.94. The Balaban J connectivity index is 2.38. The van der Waals surface area contributed by atoms with Crippen LogP contribution in [0.1, 0.15) is 5.69 Å². The van der Waals surface area contributed by atoms with Crippen molar-refractivity contribution in [3.05, 3.63) is 51.3 Å². The highest BCUT2D eigenvalue weighted by atomic mass is 35.5.